The first kappa shape index (κ1) is 16.1. The molecule has 0 spiro atoms. The van der Waals surface area contributed by atoms with E-state index in [-0.39, 0.29) is 12.5 Å². The number of halogens is 1. The van der Waals surface area contributed by atoms with E-state index in [1.807, 2.05) is 43.5 Å². The van der Waals surface area contributed by atoms with Crippen molar-refractivity contribution in [1.29, 1.82) is 0 Å². The zero-order valence-corrected chi connectivity index (χ0v) is 13.6. The lowest BCUT2D eigenvalue weighted by molar-refractivity contribution is -0.684. The molecular formula is C16H19ClN3O2+. The summed E-state index contributed by atoms with van der Waals surface area (Å²) in [5, 5.41) is 3.35. The van der Waals surface area contributed by atoms with Crippen LogP contribution in [-0.4, -0.2) is 27.1 Å². The minimum absolute atomic E-state index is 0.150. The first-order chi connectivity index (χ1) is 10.5. The number of pyridine rings is 1. The van der Waals surface area contributed by atoms with E-state index in [9.17, 15) is 4.79 Å². The molecule has 1 amide bonds. The van der Waals surface area contributed by atoms with Gasteiger partial charge in [-0.15, -0.1) is 0 Å². The fourth-order valence-corrected chi connectivity index (χ4v) is 2.16. The Labute approximate surface area is 135 Å². The van der Waals surface area contributed by atoms with E-state index < -0.39 is 0 Å². The normalized spacial score (nSPS) is 10.2. The smallest absolute Gasteiger partial charge is 0.290 e. The van der Waals surface area contributed by atoms with Crippen LogP contribution in [-0.2, 0) is 11.3 Å². The van der Waals surface area contributed by atoms with Crippen LogP contribution in [0.25, 0.3) is 0 Å². The number of nitrogens with one attached hydrogen (secondary N) is 1. The van der Waals surface area contributed by atoms with Crippen molar-refractivity contribution in [2.75, 3.05) is 31.4 Å². The number of carbonyl (C=O) groups excluding carboxylic acids is 1. The summed E-state index contributed by atoms with van der Waals surface area (Å²) < 4.78 is 7.01. The van der Waals surface area contributed by atoms with Gasteiger partial charge in [-0.3, -0.25) is 4.79 Å². The molecular weight excluding hydrogens is 302 g/mol. The van der Waals surface area contributed by atoms with Crippen molar-refractivity contribution >= 4 is 28.9 Å². The zero-order valence-electron chi connectivity index (χ0n) is 12.8. The number of hydrogen-bond acceptors (Lipinski definition) is 3. The monoisotopic (exact) mass is 320 g/mol. The molecule has 6 heteroatoms. The van der Waals surface area contributed by atoms with Gasteiger partial charge in [-0.1, -0.05) is 11.6 Å². The van der Waals surface area contributed by atoms with E-state index in [0.717, 1.165) is 5.69 Å². The number of aromatic nitrogens is 1. The number of benzene rings is 1. The maximum Gasteiger partial charge on any atom is 0.290 e. The average molecular weight is 321 g/mol. The van der Waals surface area contributed by atoms with Gasteiger partial charge in [0.25, 0.3) is 5.91 Å². The Balaban J connectivity index is 2.05. The molecule has 0 bridgehead atoms. The van der Waals surface area contributed by atoms with Gasteiger partial charge in [0, 0.05) is 36.9 Å². The predicted molar refractivity (Wildman–Crippen MR) is 87.6 cm³/mol. The maximum atomic E-state index is 12.1. The van der Waals surface area contributed by atoms with Crippen LogP contribution in [0.15, 0.2) is 42.7 Å². The maximum absolute atomic E-state index is 12.1. The van der Waals surface area contributed by atoms with Crippen molar-refractivity contribution in [3.63, 3.8) is 0 Å². The topological polar surface area (TPSA) is 45.5 Å². The van der Waals surface area contributed by atoms with Crippen LogP contribution in [0.4, 0.5) is 11.4 Å². The molecule has 1 heterocycles. The second-order valence-corrected chi connectivity index (χ2v) is 5.45. The number of nitrogens with zero attached hydrogens (tertiary/aromatic N) is 2. The highest BCUT2D eigenvalue weighted by Gasteiger charge is 2.13. The van der Waals surface area contributed by atoms with Gasteiger partial charge in [0.05, 0.1) is 12.8 Å². The Bertz CT molecular complexity index is 657. The van der Waals surface area contributed by atoms with Crippen LogP contribution in [0.5, 0.6) is 5.75 Å². The number of carbonyl (C=O) groups is 1. The molecule has 2 aromatic rings. The van der Waals surface area contributed by atoms with Crippen molar-refractivity contribution in [3.05, 3.63) is 47.7 Å². The van der Waals surface area contributed by atoms with Crippen molar-refractivity contribution in [2.24, 2.45) is 0 Å². The summed E-state index contributed by atoms with van der Waals surface area (Å²) >= 11 is 5.95. The molecule has 0 saturated heterocycles. The quantitative estimate of drug-likeness (QED) is 0.860. The Morgan fingerprint density at radius 1 is 1.27 bits per heavy atom. The molecule has 0 unspecified atom stereocenters. The standard InChI is InChI=1S/C16H18ClN3O2/c1-19(2)13-6-8-20(9-7-13)11-16(21)18-14-10-12(17)4-5-15(14)22-3/h4-10H,11H2,1-3H3/p+1. The average Bonchev–Trinajstić information content (AvgIpc) is 2.48. The number of anilines is 2. The first-order valence-electron chi connectivity index (χ1n) is 6.79. The molecule has 1 N–H and O–H groups in total. The second-order valence-electron chi connectivity index (χ2n) is 5.02. The van der Waals surface area contributed by atoms with Gasteiger partial charge in [-0.2, -0.15) is 4.57 Å². The highest BCUT2D eigenvalue weighted by atomic mass is 35.5. The highest BCUT2D eigenvalue weighted by Crippen LogP contribution is 2.27. The lowest BCUT2D eigenvalue weighted by atomic mass is 10.3. The van der Waals surface area contributed by atoms with Gasteiger partial charge in [-0.05, 0) is 18.2 Å². The molecule has 0 fully saturated rings. The molecule has 0 aliphatic heterocycles. The van der Waals surface area contributed by atoms with Crippen molar-refractivity contribution in [2.45, 2.75) is 6.54 Å². The summed E-state index contributed by atoms with van der Waals surface area (Å²) in [6.45, 7) is 0.212. The fourth-order valence-electron chi connectivity index (χ4n) is 1.99. The lowest BCUT2D eigenvalue weighted by Gasteiger charge is -2.11. The van der Waals surface area contributed by atoms with E-state index >= 15 is 0 Å². The second kappa shape index (κ2) is 7.13. The van der Waals surface area contributed by atoms with Gasteiger partial charge in [0.2, 0.25) is 6.54 Å². The summed E-state index contributed by atoms with van der Waals surface area (Å²) in [7, 11) is 5.49. The number of methoxy groups -OCH3 is 1. The summed E-state index contributed by atoms with van der Waals surface area (Å²) in [5.41, 5.74) is 1.64. The summed E-state index contributed by atoms with van der Waals surface area (Å²) in [5.74, 6) is 0.425. The summed E-state index contributed by atoms with van der Waals surface area (Å²) in [4.78, 5) is 14.1. The van der Waals surface area contributed by atoms with E-state index in [4.69, 9.17) is 16.3 Å². The Kier molecular flexibility index (Phi) is 5.22. The molecule has 5 nitrogen and oxygen atoms in total. The van der Waals surface area contributed by atoms with Crippen LogP contribution in [0.2, 0.25) is 5.02 Å². The van der Waals surface area contributed by atoms with Gasteiger partial charge in [0.15, 0.2) is 12.4 Å². The SMILES string of the molecule is COc1ccc(Cl)cc1NC(=O)C[n+]1ccc(N(C)C)cc1. The van der Waals surface area contributed by atoms with Gasteiger partial charge in [-0.25, -0.2) is 0 Å². The Morgan fingerprint density at radius 2 is 1.95 bits per heavy atom. The minimum atomic E-state index is -0.150. The van der Waals surface area contributed by atoms with Crippen LogP contribution >= 0.6 is 11.6 Å². The highest BCUT2D eigenvalue weighted by molar-refractivity contribution is 6.31. The van der Waals surface area contributed by atoms with Crippen molar-refractivity contribution in [3.8, 4) is 5.75 Å². The van der Waals surface area contributed by atoms with Crippen LogP contribution in [0.3, 0.4) is 0 Å². The molecule has 0 atom stereocenters. The summed E-state index contributed by atoms with van der Waals surface area (Å²) in [6.07, 6.45) is 3.73. The predicted octanol–water partition coefficient (Wildman–Crippen LogP) is 2.34. The summed E-state index contributed by atoms with van der Waals surface area (Å²) in [6, 6.07) is 9.00. The molecule has 0 aliphatic carbocycles. The number of amides is 1. The molecule has 0 saturated carbocycles. The molecule has 0 aliphatic rings. The van der Waals surface area contributed by atoms with E-state index in [1.54, 1.807) is 29.9 Å². The third-order valence-electron chi connectivity index (χ3n) is 3.15. The van der Waals surface area contributed by atoms with Crippen LogP contribution in [0.1, 0.15) is 0 Å². The van der Waals surface area contributed by atoms with Crippen LogP contribution < -0.4 is 19.5 Å². The van der Waals surface area contributed by atoms with Crippen molar-refractivity contribution < 1.29 is 14.1 Å². The molecule has 116 valence electrons. The van der Waals surface area contributed by atoms with Gasteiger partial charge < -0.3 is 15.0 Å². The van der Waals surface area contributed by atoms with E-state index in [1.165, 1.54) is 0 Å². The largest absolute Gasteiger partial charge is 0.495 e. The Hall–Kier alpha value is -2.27. The Morgan fingerprint density at radius 3 is 2.55 bits per heavy atom. The van der Waals surface area contributed by atoms with Gasteiger partial charge >= 0.3 is 0 Å². The first-order valence-corrected chi connectivity index (χ1v) is 7.17. The van der Waals surface area contributed by atoms with E-state index in [0.29, 0.717) is 16.5 Å². The molecule has 2 rings (SSSR count). The molecule has 1 aromatic carbocycles. The molecule has 1 aromatic heterocycles. The van der Waals surface area contributed by atoms with E-state index in [2.05, 4.69) is 5.32 Å². The van der Waals surface area contributed by atoms with Crippen LogP contribution in [0, 0.1) is 0 Å². The lowest BCUT2D eigenvalue weighted by Crippen LogP contribution is -2.39. The fraction of sp³-hybridized carbons (Fsp3) is 0.250. The zero-order chi connectivity index (χ0) is 16.1. The minimum Gasteiger partial charge on any atom is -0.495 e. The number of rotatable bonds is 5. The molecule has 22 heavy (non-hydrogen) atoms. The third-order valence-corrected chi connectivity index (χ3v) is 3.39. The number of hydrogen-bond donors (Lipinski definition) is 1. The van der Waals surface area contributed by atoms with Crippen molar-refractivity contribution in [1.82, 2.24) is 0 Å². The number of ether oxygens (including phenoxy) is 1. The van der Waals surface area contributed by atoms with Gasteiger partial charge in [0.1, 0.15) is 5.75 Å². The molecule has 0 radical (unpaired) electrons. The third kappa shape index (κ3) is 4.11.